The van der Waals surface area contributed by atoms with Gasteiger partial charge in [0.2, 0.25) is 0 Å². The zero-order valence-corrected chi connectivity index (χ0v) is 13.9. The summed E-state index contributed by atoms with van der Waals surface area (Å²) in [4.78, 5) is 11.3. The van der Waals surface area contributed by atoms with Gasteiger partial charge in [-0.05, 0) is 45.6 Å². The van der Waals surface area contributed by atoms with Gasteiger partial charge in [0.1, 0.15) is 5.82 Å². The summed E-state index contributed by atoms with van der Waals surface area (Å²) in [5, 5.41) is 4.55. The molecule has 5 heteroatoms. The molecule has 0 spiro atoms. The van der Waals surface area contributed by atoms with Crippen LogP contribution in [-0.4, -0.2) is 38.7 Å². The predicted molar refractivity (Wildman–Crippen MR) is 90.6 cm³/mol. The number of hydrogen-bond donors (Lipinski definition) is 0. The van der Waals surface area contributed by atoms with Crippen LogP contribution in [0.4, 0.5) is 0 Å². The first-order valence-electron chi connectivity index (χ1n) is 7.64. The van der Waals surface area contributed by atoms with Crippen molar-refractivity contribution in [2.45, 2.75) is 19.9 Å². The van der Waals surface area contributed by atoms with Gasteiger partial charge in [-0.2, -0.15) is 4.68 Å². The van der Waals surface area contributed by atoms with E-state index >= 15 is 0 Å². The number of nitrogens with zero attached hydrogens (tertiary/aromatic N) is 5. The first-order valence-corrected chi connectivity index (χ1v) is 7.64. The maximum absolute atomic E-state index is 4.68. The highest BCUT2D eigenvalue weighted by molar-refractivity contribution is 5.32. The average Bonchev–Trinajstić information content (AvgIpc) is 2.89. The lowest BCUT2D eigenvalue weighted by atomic mass is 10.0. The van der Waals surface area contributed by atoms with Gasteiger partial charge in [0, 0.05) is 6.20 Å². The Labute approximate surface area is 136 Å². The van der Waals surface area contributed by atoms with Gasteiger partial charge >= 0.3 is 0 Å². The second-order valence-corrected chi connectivity index (χ2v) is 5.90. The third kappa shape index (κ3) is 3.14. The maximum Gasteiger partial charge on any atom is 0.156 e. The van der Waals surface area contributed by atoms with Crippen molar-refractivity contribution in [2.24, 2.45) is 0 Å². The zero-order valence-electron chi connectivity index (χ0n) is 13.9. The molecule has 1 aromatic carbocycles. The van der Waals surface area contributed by atoms with E-state index in [4.69, 9.17) is 0 Å². The molecule has 0 fully saturated rings. The lowest BCUT2D eigenvalue weighted by Gasteiger charge is -2.24. The van der Waals surface area contributed by atoms with E-state index < -0.39 is 0 Å². The van der Waals surface area contributed by atoms with Crippen molar-refractivity contribution in [3.05, 3.63) is 71.4 Å². The Hall–Kier alpha value is -2.53. The molecule has 3 aromatic rings. The SMILES string of the molecule is Cc1cccc(C(c2nc(C)nn2-c2ccccn2)N(C)C)c1. The molecule has 0 aliphatic heterocycles. The van der Waals surface area contributed by atoms with Gasteiger partial charge < -0.3 is 0 Å². The molecule has 0 bridgehead atoms. The Morgan fingerprint density at radius 3 is 2.52 bits per heavy atom. The molecule has 0 amide bonds. The molecule has 3 rings (SSSR count). The van der Waals surface area contributed by atoms with Crippen LogP contribution in [0.15, 0.2) is 48.7 Å². The lowest BCUT2D eigenvalue weighted by Crippen LogP contribution is -2.25. The Bertz CT molecular complexity index is 792. The minimum atomic E-state index is 0.0121. The average molecular weight is 307 g/mol. The van der Waals surface area contributed by atoms with Gasteiger partial charge in [-0.1, -0.05) is 35.9 Å². The van der Waals surface area contributed by atoms with Crippen molar-refractivity contribution in [2.75, 3.05) is 14.1 Å². The van der Waals surface area contributed by atoms with Crippen LogP contribution in [-0.2, 0) is 0 Å². The van der Waals surface area contributed by atoms with Gasteiger partial charge in [-0.25, -0.2) is 9.97 Å². The van der Waals surface area contributed by atoms with Crippen LogP contribution in [0.25, 0.3) is 5.82 Å². The van der Waals surface area contributed by atoms with Crippen LogP contribution in [0.2, 0.25) is 0 Å². The van der Waals surface area contributed by atoms with Crippen molar-refractivity contribution in [3.8, 4) is 5.82 Å². The monoisotopic (exact) mass is 307 g/mol. The molecule has 2 heterocycles. The first-order chi connectivity index (χ1) is 11.1. The standard InChI is InChI=1S/C18H21N5/c1-13-8-7-9-15(12-13)17(22(3)4)18-20-14(2)21-23(18)16-10-5-6-11-19-16/h5-12,17H,1-4H3. The van der Waals surface area contributed by atoms with E-state index in [2.05, 4.69) is 65.3 Å². The zero-order chi connectivity index (χ0) is 16.4. The summed E-state index contributed by atoms with van der Waals surface area (Å²) >= 11 is 0. The summed E-state index contributed by atoms with van der Waals surface area (Å²) in [5.74, 6) is 2.39. The number of benzene rings is 1. The van der Waals surface area contributed by atoms with Crippen LogP contribution in [0, 0.1) is 13.8 Å². The summed E-state index contributed by atoms with van der Waals surface area (Å²) in [6.45, 7) is 4.01. The van der Waals surface area contributed by atoms with Crippen molar-refractivity contribution in [1.29, 1.82) is 0 Å². The number of aromatic nitrogens is 4. The summed E-state index contributed by atoms with van der Waals surface area (Å²) in [6.07, 6.45) is 1.77. The highest BCUT2D eigenvalue weighted by Gasteiger charge is 2.24. The third-order valence-electron chi connectivity index (χ3n) is 3.72. The van der Waals surface area contributed by atoms with E-state index in [9.17, 15) is 0 Å². The van der Waals surface area contributed by atoms with Crippen LogP contribution in [0.3, 0.4) is 0 Å². The van der Waals surface area contributed by atoms with Gasteiger partial charge in [0.15, 0.2) is 11.6 Å². The minimum Gasteiger partial charge on any atom is -0.296 e. The van der Waals surface area contributed by atoms with Crippen LogP contribution in [0.1, 0.15) is 28.8 Å². The molecular formula is C18H21N5. The highest BCUT2D eigenvalue weighted by Crippen LogP contribution is 2.27. The molecule has 0 saturated carbocycles. The molecule has 118 valence electrons. The summed E-state index contributed by atoms with van der Waals surface area (Å²) in [6, 6.07) is 14.3. The van der Waals surface area contributed by atoms with Crippen LogP contribution < -0.4 is 0 Å². The molecule has 0 N–H and O–H groups in total. The van der Waals surface area contributed by atoms with Crippen molar-refractivity contribution < 1.29 is 0 Å². The largest absolute Gasteiger partial charge is 0.296 e. The topological polar surface area (TPSA) is 46.8 Å². The Balaban J connectivity index is 2.15. The van der Waals surface area contributed by atoms with Gasteiger partial charge in [0.05, 0.1) is 6.04 Å². The Morgan fingerprint density at radius 2 is 1.87 bits per heavy atom. The van der Waals surface area contributed by atoms with Crippen molar-refractivity contribution in [3.63, 3.8) is 0 Å². The van der Waals surface area contributed by atoms with Crippen LogP contribution in [0.5, 0.6) is 0 Å². The molecule has 5 nitrogen and oxygen atoms in total. The smallest absolute Gasteiger partial charge is 0.156 e. The third-order valence-corrected chi connectivity index (χ3v) is 3.72. The predicted octanol–water partition coefficient (Wildman–Crippen LogP) is 2.93. The fourth-order valence-corrected chi connectivity index (χ4v) is 2.77. The quantitative estimate of drug-likeness (QED) is 0.743. The summed E-state index contributed by atoms with van der Waals surface area (Å²) in [7, 11) is 4.11. The van der Waals surface area contributed by atoms with Crippen LogP contribution >= 0.6 is 0 Å². The van der Waals surface area contributed by atoms with Crippen molar-refractivity contribution in [1.82, 2.24) is 24.6 Å². The molecule has 0 radical (unpaired) electrons. The molecule has 0 saturated heterocycles. The molecule has 1 atom stereocenters. The second-order valence-electron chi connectivity index (χ2n) is 5.90. The molecule has 0 aliphatic rings. The van der Waals surface area contributed by atoms with E-state index in [1.165, 1.54) is 11.1 Å². The summed E-state index contributed by atoms with van der Waals surface area (Å²) < 4.78 is 1.84. The van der Waals surface area contributed by atoms with E-state index in [-0.39, 0.29) is 6.04 Å². The Kier molecular flexibility index (Phi) is 4.21. The Morgan fingerprint density at radius 1 is 1.04 bits per heavy atom. The highest BCUT2D eigenvalue weighted by atomic mass is 15.4. The van der Waals surface area contributed by atoms with Gasteiger partial charge in [-0.3, -0.25) is 4.90 Å². The van der Waals surface area contributed by atoms with E-state index in [1.54, 1.807) is 6.20 Å². The van der Waals surface area contributed by atoms with Gasteiger partial charge in [-0.15, -0.1) is 5.10 Å². The number of rotatable bonds is 4. The second kappa shape index (κ2) is 6.30. The molecule has 23 heavy (non-hydrogen) atoms. The number of hydrogen-bond acceptors (Lipinski definition) is 4. The lowest BCUT2D eigenvalue weighted by molar-refractivity contribution is 0.325. The first kappa shape index (κ1) is 15.4. The number of aryl methyl sites for hydroxylation is 2. The normalized spacial score (nSPS) is 12.6. The molecule has 1 unspecified atom stereocenters. The van der Waals surface area contributed by atoms with Crippen molar-refractivity contribution >= 4 is 0 Å². The molecule has 2 aromatic heterocycles. The fraction of sp³-hybridized carbons (Fsp3) is 0.278. The van der Waals surface area contributed by atoms with E-state index in [0.29, 0.717) is 0 Å². The van der Waals surface area contributed by atoms with E-state index in [1.807, 2.05) is 29.8 Å². The summed E-state index contributed by atoms with van der Waals surface area (Å²) in [5.41, 5.74) is 2.43. The fourth-order valence-electron chi connectivity index (χ4n) is 2.77. The molecular weight excluding hydrogens is 286 g/mol. The van der Waals surface area contributed by atoms with E-state index in [0.717, 1.165) is 17.5 Å². The maximum atomic E-state index is 4.68. The molecule has 0 aliphatic carbocycles. The van der Waals surface area contributed by atoms with Gasteiger partial charge in [0.25, 0.3) is 0 Å². The minimum absolute atomic E-state index is 0.0121. The number of pyridine rings is 1.